The van der Waals surface area contributed by atoms with Gasteiger partial charge in [-0.25, -0.2) is 9.18 Å². The first-order valence-electron chi connectivity index (χ1n) is 7.72. The van der Waals surface area contributed by atoms with Crippen molar-refractivity contribution in [3.63, 3.8) is 0 Å². The van der Waals surface area contributed by atoms with Gasteiger partial charge in [-0.3, -0.25) is 4.79 Å². The van der Waals surface area contributed by atoms with Gasteiger partial charge in [0.15, 0.2) is 5.83 Å². The number of anilines is 1. The summed E-state index contributed by atoms with van der Waals surface area (Å²) in [6.07, 6.45) is 3.43. The predicted octanol–water partition coefficient (Wildman–Crippen LogP) is 6.42. The van der Waals surface area contributed by atoms with E-state index in [1.807, 2.05) is 0 Å². The smallest absolute Gasteiger partial charge is 0.339 e. The molecule has 28 heavy (non-hydrogen) atoms. The topological polar surface area (TPSA) is 66.4 Å². The second-order valence-corrected chi connectivity index (χ2v) is 7.05. The van der Waals surface area contributed by atoms with Gasteiger partial charge >= 0.3 is 5.97 Å². The summed E-state index contributed by atoms with van der Waals surface area (Å²) in [7, 11) is 0. The number of carboxylic acid groups (broad SMARTS) is 1. The minimum Gasteiger partial charge on any atom is -0.478 e. The van der Waals surface area contributed by atoms with E-state index in [4.69, 9.17) is 23.2 Å². The highest BCUT2D eigenvalue weighted by Gasteiger charge is 2.22. The van der Waals surface area contributed by atoms with Crippen LogP contribution < -0.4 is 5.32 Å². The van der Waals surface area contributed by atoms with E-state index in [0.29, 0.717) is 15.5 Å². The lowest BCUT2D eigenvalue weighted by Gasteiger charge is -2.06. The largest absolute Gasteiger partial charge is 0.478 e. The normalized spacial score (nSPS) is 12.2. The summed E-state index contributed by atoms with van der Waals surface area (Å²) in [5.41, 5.74) is 0.611. The molecule has 1 aromatic heterocycles. The maximum Gasteiger partial charge on any atom is 0.339 e. The van der Waals surface area contributed by atoms with Gasteiger partial charge in [0, 0.05) is 15.4 Å². The third-order valence-electron chi connectivity index (χ3n) is 3.53. The van der Waals surface area contributed by atoms with Gasteiger partial charge in [-0.2, -0.15) is 0 Å². The molecule has 0 aliphatic heterocycles. The molecule has 0 radical (unpaired) electrons. The number of hydrogen-bond donors (Lipinski definition) is 2. The number of nitrogens with one attached hydrogen (secondary N) is 1. The number of allylic oxidation sites excluding steroid dienone is 5. The molecule has 1 aromatic carbocycles. The molecule has 2 N–H and O–H groups in total. The molecule has 0 aliphatic rings. The summed E-state index contributed by atoms with van der Waals surface area (Å²) in [6.45, 7) is 6.94. The minimum atomic E-state index is -1.26. The van der Waals surface area contributed by atoms with E-state index < -0.39 is 17.7 Å². The van der Waals surface area contributed by atoms with Crippen LogP contribution in [0.15, 0.2) is 77.5 Å². The Bertz CT molecular complexity index is 1010. The molecule has 2 aromatic rings. The average molecular weight is 438 g/mol. The zero-order valence-electron chi connectivity index (χ0n) is 14.3. The first-order chi connectivity index (χ1) is 13.3. The number of rotatable bonds is 7. The Balaban J connectivity index is 2.37. The second-order valence-electron chi connectivity index (χ2n) is 5.32. The SMILES string of the molecule is C=C/C(Cl)=C(C=C)/C=C(\F)C(=O)Nc1csc(-c2ccc(Cl)cc2)c1C(=O)O. The summed E-state index contributed by atoms with van der Waals surface area (Å²) in [6, 6.07) is 6.56. The fourth-order valence-electron chi connectivity index (χ4n) is 2.20. The van der Waals surface area contributed by atoms with E-state index in [1.165, 1.54) is 17.5 Å². The molecule has 0 aliphatic carbocycles. The van der Waals surface area contributed by atoms with E-state index >= 15 is 0 Å². The van der Waals surface area contributed by atoms with E-state index in [9.17, 15) is 19.1 Å². The van der Waals surface area contributed by atoms with Gasteiger partial charge < -0.3 is 10.4 Å². The zero-order valence-corrected chi connectivity index (χ0v) is 16.7. The molecule has 1 heterocycles. The van der Waals surface area contributed by atoms with Crippen LogP contribution in [0.4, 0.5) is 10.1 Å². The molecule has 1 amide bonds. The van der Waals surface area contributed by atoms with E-state index in [-0.39, 0.29) is 21.9 Å². The van der Waals surface area contributed by atoms with Crippen LogP contribution >= 0.6 is 34.5 Å². The molecule has 144 valence electrons. The molecule has 0 unspecified atom stereocenters. The quantitative estimate of drug-likeness (QED) is 0.387. The molecule has 0 fully saturated rings. The molecule has 2 rings (SSSR count). The molecular formula is C20H14Cl2FNO3S. The van der Waals surface area contributed by atoms with Crippen molar-refractivity contribution >= 4 is 52.1 Å². The molecular weight excluding hydrogens is 424 g/mol. The Labute approximate surface area is 174 Å². The average Bonchev–Trinajstić information content (AvgIpc) is 3.09. The molecule has 0 spiro atoms. The van der Waals surface area contributed by atoms with Gasteiger partial charge in [-0.1, -0.05) is 60.6 Å². The minimum absolute atomic E-state index is 0.0186. The lowest BCUT2D eigenvalue weighted by Crippen LogP contribution is -2.14. The van der Waals surface area contributed by atoms with Crippen molar-refractivity contribution in [1.29, 1.82) is 0 Å². The highest BCUT2D eigenvalue weighted by atomic mass is 35.5. The van der Waals surface area contributed by atoms with Crippen molar-refractivity contribution in [3.05, 3.63) is 88.0 Å². The summed E-state index contributed by atoms with van der Waals surface area (Å²) in [5, 5.41) is 13.9. The first kappa shape index (κ1) is 21.6. The van der Waals surface area contributed by atoms with Crippen LogP contribution in [0.5, 0.6) is 0 Å². The van der Waals surface area contributed by atoms with Crippen molar-refractivity contribution in [2.75, 3.05) is 5.32 Å². The second kappa shape index (κ2) is 9.50. The summed E-state index contributed by atoms with van der Waals surface area (Å²) in [4.78, 5) is 24.3. The molecule has 0 bridgehead atoms. The maximum absolute atomic E-state index is 14.2. The number of carbonyl (C=O) groups is 2. The third-order valence-corrected chi connectivity index (χ3v) is 5.19. The van der Waals surface area contributed by atoms with E-state index in [0.717, 1.165) is 17.4 Å². The van der Waals surface area contributed by atoms with Crippen molar-refractivity contribution in [2.45, 2.75) is 0 Å². The lowest BCUT2D eigenvalue weighted by atomic mass is 10.1. The van der Waals surface area contributed by atoms with Gasteiger partial charge in [0.05, 0.1) is 10.6 Å². The standard InChI is InChI=1S/C20H14Cl2FNO3S/c1-3-11(14(22)4-2)9-15(23)19(25)24-16-10-28-18(17(16)20(26)27)12-5-7-13(21)8-6-12/h3-10H,1-2H2,(H,24,25)(H,26,27)/b14-11-,15-9-. The van der Waals surface area contributed by atoms with E-state index in [1.54, 1.807) is 24.3 Å². The van der Waals surface area contributed by atoms with Crippen LogP contribution in [0.25, 0.3) is 10.4 Å². The van der Waals surface area contributed by atoms with Crippen molar-refractivity contribution in [3.8, 4) is 10.4 Å². The number of benzene rings is 1. The number of aromatic carboxylic acids is 1. The summed E-state index contributed by atoms with van der Waals surface area (Å²) >= 11 is 12.8. The zero-order chi connectivity index (χ0) is 20.8. The van der Waals surface area contributed by atoms with Gasteiger partial charge in [0.25, 0.3) is 5.91 Å². The Morgan fingerprint density at radius 2 is 1.82 bits per heavy atom. The number of carboxylic acids is 1. The first-order valence-corrected chi connectivity index (χ1v) is 9.36. The number of thiophene rings is 1. The number of amides is 1. The predicted molar refractivity (Wildman–Crippen MR) is 113 cm³/mol. The third kappa shape index (κ3) is 4.98. The summed E-state index contributed by atoms with van der Waals surface area (Å²) in [5.74, 6) is -3.53. The highest BCUT2D eigenvalue weighted by molar-refractivity contribution is 7.14. The van der Waals surface area contributed by atoms with E-state index in [2.05, 4.69) is 18.5 Å². The monoisotopic (exact) mass is 437 g/mol. The van der Waals surface area contributed by atoms with Gasteiger partial charge in [0.2, 0.25) is 0 Å². The van der Waals surface area contributed by atoms with Crippen LogP contribution in [-0.4, -0.2) is 17.0 Å². The number of halogens is 3. The van der Waals surface area contributed by atoms with Crippen molar-refractivity contribution in [1.82, 2.24) is 0 Å². The van der Waals surface area contributed by atoms with Gasteiger partial charge in [-0.05, 0) is 29.3 Å². The lowest BCUT2D eigenvalue weighted by molar-refractivity contribution is -0.114. The Morgan fingerprint density at radius 3 is 2.36 bits per heavy atom. The van der Waals surface area contributed by atoms with Crippen LogP contribution in [0.1, 0.15) is 10.4 Å². The number of hydrogen-bond acceptors (Lipinski definition) is 3. The molecule has 0 atom stereocenters. The van der Waals surface area contributed by atoms with Crippen LogP contribution in [0, 0.1) is 0 Å². The van der Waals surface area contributed by atoms with Gasteiger partial charge in [0.1, 0.15) is 5.56 Å². The van der Waals surface area contributed by atoms with Crippen LogP contribution in [0.2, 0.25) is 5.02 Å². The Kier molecular flexibility index (Phi) is 7.34. The van der Waals surface area contributed by atoms with Gasteiger partial charge in [-0.15, -0.1) is 11.3 Å². The molecule has 4 nitrogen and oxygen atoms in total. The fourth-order valence-corrected chi connectivity index (χ4v) is 3.46. The Hall–Kier alpha value is -2.67. The molecule has 0 saturated heterocycles. The summed E-state index contributed by atoms with van der Waals surface area (Å²) < 4.78 is 14.2. The highest BCUT2D eigenvalue weighted by Crippen LogP contribution is 2.36. The fraction of sp³-hybridized carbons (Fsp3) is 0. The van der Waals surface area contributed by atoms with Crippen LogP contribution in [0.3, 0.4) is 0 Å². The number of carbonyl (C=O) groups excluding carboxylic acids is 1. The Morgan fingerprint density at radius 1 is 1.18 bits per heavy atom. The van der Waals surface area contributed by atoms with Crippen molar-refractivity contribution in [2.24, 2.45) is 0 Å². The maximum atomic E-state index is 14.2. The van der Waals surface area contributed by atoms with Crippen LogP contribution in [-0.2, 0) is 4.79 Å². The molecule has 8 heteroatoms. The van der Waals surface area contributed by atoms with Crippen molar-refractivity contribution < 1.29 is 19.1 Å². The molecule has 0 saturated carbocycles.